The SMILES string of the molecule is Cc1nc([C@H]2CCCN2C(=O)COCc2nc3ccccc3[nH]2)n[nH]1. The topological polar surface area (TPSA) is 99.8 Å². The van der Waals surface area contributed by atoms with Crippen molar-refractivity contribution in [2.24, 2.45) is 0 Å². The van der Waals surface area contributed by atoms with Gasteiger partial charge < -0.3 is 14.6 Å². The Morgan fingerprint density at radius 3 is 3.04 bits per heavy atom. The maximum atomic E-state index is 12.5. The molecule has 1 aromatic carbocycles. The first kappa shape index (κ1) is 15.8. The number of nitrogens with zero attached hydrogens (tertiary/aromatic N) is 4. The average Bonchev–Trinajstić information content (AvgIpc) is 3.32. The summed E-state index contributed by atoms with van der Waals surface area (Å²) < 4.78 is 5.58. The molecular weight excluding hydrogens is 320 g/mol. The van der Waals surface area contributed by atoms with Crippen LogP contribution in [0.4, 0.5) is 0 Å². The van der Waals surface area contributed by atoms with Crippen molar-refractivity contribution in [2.75, 3.05) is 13.2 Å². The van der Waals surface area contributed by atoms with Gasteiger partial charge in [-0.25, -0.2) is 9.97 Å². The molecule has 0 spiro atoms. The lowest BCUT2D eigenvalue weighted by Crippen LogP contribution is -2.34. The molecule has 1 aliphatic heterocycles. The average molecular weight is 340 g/mol. The third kappa shape index (κ3) is 3.25. The van der Waals surface area contributed by atoms with Gasteiger partial charge in [-0.1, -0.05) is 12.1 Å². The number of likely N-dealkylation sites (tertiary alicyclic amines) is 1. The van der Waals surface area contributed by atoms with Crippen LogP contribution in [-0.2, 0) is 16.1 Å². The third-order valence-corrected chi connectivity index (χ3v) is 4.39. The van der Waals surface area contributed by atoms with Crippen LogP contribution in [0.15, 0.2) is 24.3 Å². The molecule has 1 atom stereocenters. The van der Waals surface area contributed by atoms with Gasteiger partial charge in [0.05, 0.1) is 17.1 Å². The molecular formula is C17H20N6O2. The molecule has 1 saturated heterocycles. The molecule has 8 heteroatoms. The molecule has 0 aliphatic carbocycles. The molecule has 0 unspecified atom stereocenters. The molecule has 0 radical (unpaired) electrons. The minimum Gasteiger partial charge on any atom is -0.364 e. The van der Waals surface area contributed by atoms with E-state index in [-0.39, 0.29) is 25.2 Å². The molecule has 2 aromatic heterocycles. The number of nitrogens with one attached hydrogen (secondary N) is 2. The number of amides is 1. The number of carbonyl (C=O) groups excluding carboxylic acids is 1. The fraction of sp³-hybridized carbons (Fsp3) is 0.412. The van der Waals surface area contributed by atoms with Gasteiger partial charge in [-0.3, -0.25) is 9.89 Å². The monoisotopic (exact) mass is 340 g/mol. The molecule has 8 nitrogen and oxygen atoms in total. The lowest BCUT2D eigenvalue weighted by Gasteiger charge is -2.22. The van der Waals surface area contributed by atoms with Gasteiger partial charge in [-0.05, 0) is 31.9 Å². The Hall–Kier alpha value is -2.74. The van der Waals surface area contributed by atoms with E-state index >= 15 is 0 Å². The Bertz CT molecular complexity index is 853. The van der Waals surface area contributed by atoms with E-state index in [2.05, 4.69) is 25.1 Å². The van der Waals surface area contributed by atoms with Crippen LogP contribution < -0.4 is 0 Å². The van der Waals surface area contributed by atoms with Crippen LogP contribution in [0.3, 0.4) is 0 Å². The molecule has 3 heterocycles. The van der Waals surface area contributed by atoms with Crippen molar-refractivity contribution in [1.82, 2.24) is 30.0 Å². The highest BCUT2D eigenvalue weighted by Gasteiger charge is 2.32. The van der Waals surface area contributed by atoms with Gasteiger partial charge in [0.25, 0.3) is 0 Å². The number of aromatic amines is 2. The molecule has 0 saturated carbocycles. The molecule has 2 N–H and O–H groups in total. The number of imidazole rings is 1. The number of H-pyrrole nitrogens is 2. The molecule has 0 bridgehead atoms. The largest absolute Gasteiger partial charge is 0.364 e. The van der Waals surface area contributed by atoms with Crippen LogP contribution in [0, 0.1) is 6.92 Å². The number of rotatable bonds is 5. The number of aromatic nitrogens is 5. The Morgan fingerprint density at radius 2 is 2.24 bits per heavy atom. The van der Waals surface area contributed by atoms with Crippen LogP contribution in [0.1, 0.15) is 36.4 Å². The van der Waals surface area contributed by atoms with Gasteiger partial charge in [0.2, 0.25) is 5.91 Å². The summed E-state index contributed by atoms with van der Waals surface area (Å²) in [5.41, 5.74) is 1.86. The van der Waals surface area contributed by atoms with Crippen LogP contribution in [-0.4, -0.2) is 49.1 Å². The van der Waals surface area contributed by atoms with Gasteiger partial charge in [0.1, 0.15) is 24.9 Å². The number of fused-ring (bicyclic) bond motifs is 1. The van der Waals surface area contributed by atoms with E-state index in [1.165, 1.54) is 0 Å². The fourth-order valence-corrected chi connectivity index (χ4v) is 3.23. The normalized spacial score (nSPS) is 17.5. The standard InChI is InChI=1S/C17H20N6O2/c1-11-18-17(22-21-11)14-7-4-8-23(14)16(24)10-25-9-15-19-12-5-2-3-6-13(12)20-15/h2-3,5-6,14H,4,7-10H2,1H3,(H,19,20)(H,18,21,22)/t14-/m1/s1. The smallest absolute Gasteiger partial charge is 0.249 e. The van der Waals surface area contributed by atoms with E-state index in [0.29, 0.717) is 12.4 Å². The first-order valence-corrected chi connectivity index (χ1v) is 8.40. The van der Waals surface area contributed by atoms with Crippen molar-refractivity contribution in [3.05, 3.63) is 41.7 Å². The number of carbonyl (C=O) groups is 1. The molecule has 3 aromatic rings. The second-order valence-corrected chi connectivity index (χ2v) is 6.22. The number of aryl methyl sites for hydroxylation is 1. The Morgan fingerprint density at radius 1 is 1.36 bits per heavy atom. The summed E-state index contributed by atoms with van der Waals surface area (Å²) in [6, 6.07) is 7.73. The van der Waals surface area contributed by atoms with Gasteiger partial charge in [0, 0.05) is 6.54 Å². The maximum Gasteiger partial charge on any atom is 0.249 e. The van der Waals surface area contributed by atoms with Gasteiger partial charge in [-0.15, -0.1) is 0 Å². The highest BCUT2D eigenvalue weighted by Crippen LogP contribution is 2.29. The molecule has 4 rings (SSSR count). The van der Waals surface area contributed by atoms with Gasteiger partial charge in [0.15, 0.2) is 5.82 Å². The molecule has 1 amide bonds. The predicted octanol–water partition coefficient (Wildman–Crippen LogP) is 1.87. The molecule has 25 heavy (non-hydrogen) atoms. The Kier molecular flexibility index (Phi) is 4.19. The maximum absolute atomic E-state index is 12.5. The zero-order chi connectivity index (χ0) is 17.2. The number of benzene rings is 1. The minimum atomic E-state index is -0.0627. The van der Waals surface area contributed by atoms with E-state index in [1.54, 1.807) is 4.90 Å². The van der Waals surface area contributed by atoms with Gasteiger partial charge in [-0.2, -0.15) is 5.10 Å². The van der Waals surface area contributed by atoms with Crippen molar-refractivity contribution in [3.8, 4) is 0 Å². The summed E-state index contributed by atoms with van der Waals surface area (Å²) in [5, 5.41) is 7.04. The van der Waals surface area contributed by atoms with E-state index in [4.69, 9.17) is 4.74 Å². The van der Waals surface area contributed by atoms with Crippen LogP contribution in [0.25, 0.3) is 11.0 Å². The van der Waals surface area contributed by atoms with Crippen LogP contribution in [0.5, 0.6) is 0 Å². The van der Waals surface area contributed by atoms with E-state index in [0.717, 1.165) is 35.5 Å². The summed E-state index contributed by atoms with van der Waals surface area (Å²) in [5.74, 6) is 2.12. The van der Waals surface area contributed by atoms with Crippen molar-refractivity contribution in [2.45, 2.75) is 32.4 Å². The van der Waals surface area contributed by atoms with E-state index in [1.807, 2.05) is 31.2 Å². The van der Waals surface area contributed by atoms with E-state index in [9.17, 15) is 4.79 Å². The van der Waals surface area contributed by atoms with Crippen molar-refractivity contribution < 1.29 is 9.53 Å². The quantitative estimate of drug-likeness (QED) is 0.738. The Balaban J connectivity index is 1.35. The second-order valence-electron chi connectivity index (χ2n) is 6.22. The number of para-hydroxylation sites is 2. The lowest BCUT2D eigenvalue weighted by atomic mass is 10.2. The van der Waals surface area contributed by atoms with E-state index < -0.39 is 0 Å². The van der Waals surface area contributed by atoms with Crippen molar-refractivity contribution in [1.29, 1.82) is 0 Å². The zero-order valence-corrected chi connectivity index (χ0v) is 14.0. The number of hydrogen-bond acceptors (Lipinski definition) is 5. The summed E-state index contributed by atoms with van der Waals surface area (Å²) in [6.07, 6.45) is 1.83. The first-order valence-electron chi connectivity index (χ1n) is 8.40. The summed E-state index contributed by atoms with van der Waals surface area (Å²) in [7, 11) is 0. The Labute approximate surface area is 144 Å². The lowest BCUT2D eigenvalue weighted by molar-refractivity contribution is -0.137. The second kappa shape index (κ2) is 6.64. The summed E-state index contributed by atoms with van der Waals surface area (Å²) in [6.45, 7) is 2.87. The zero-order valence-electron chi connectivity index (χ0n) is 14.0. The van der Waals surface area contributed by atoms with Crippen molar-refractivity contribution >= 4 is 16.9 Å². The van der Waals surface area contributed by atoms with Crippen LogP contribution in [0.2, 0.25) is 0 Å². The fourth-order valence-electron chi connectivity index (χ4n) is 3.23. The summed E-state index contributed by atoms with van der Waals surface area (Å²) in [4.78, 5) is 26.3. The summed E-state index contributed by atoms with van der Waals surface area (Å²) >= 11 is 0. The third-order valence-electron chi connectivity index (χ3n) is 4.39. The highest BCUT2D eigenvalue weighted by molar-refractivity contribution is 5.78. The minimum absolute atomic E-state index is 0.0248. The number of ether oxygens (including phenoxy) is 1. The van der Waals surface area contributed by atoms with Crippen LogP contribution >= 0.6 is 0 Å². The predicted molar refractivity (Wildman–Crippen MR) is 90.6 cm³/mol. The molecule has 1 aliphatic rings. The molecule has 130 valence electrons. The number of hydrogen-bond donors (Lipinski definition) is 2. The van der Waals surface area contributed by atoms with Crippen molar-refractivity contribution in [3.63, 3.8) is 0 Å². The first-order chi connectivity index (χ1) is 12.2. The highest BCUT2D eigenvalue weighted by atomic mass is 16.5. The molecule has 1 fully saturated rings. The van der Waals surface area contributed by atoms with Gasteiger partial charge >= 0.3 is 0 Å².